The molecule has 0 radical (unpaired) electrons. The number of nitrogens with one attached hydrogen (secondary N) is 1. The molecule has 0 saturated carbocycles. The molecule has 0 bridgehead atoms. The SMILES string of the molecule is O=Cc1cnc(CSc2ccc(F)cc2)[nH]1. The number of carbonyl (C=O) groups is 1. The van der Waals surface area contributed by atoms with Crippen molar-refractivity contribution in [2.24, 2.45) is 0 Å². The van der Waals surface area contributed by atoms with Gasteiger partial charge in [-0.2, -0.15) is 0 Å². The van der Waals surface area contributed by atoms with Crippen molar-refractivity contribution >= 4 is 18.0 Å². The second-order valence-electron chi connectivity index (χ2n) is 3.15. The summed E-state index contributed by atoms with van der Waals surface area (Å²) in [6, 6.07) is 6.26. The van der Waals surface area contributed by atoms with Gasteiger partial charge in [-0.3, -0.25) is 4.79 Å². The minimum atomic E-state index is -0.245. The highest BCUT2D eigenvalue weighted by Gasteiger charge is 2.01. The Morgan fingerprint density at radius 3 is 2.75 bits per heavy atom. The van der Waals surface area contributed by atoms with Crippen LogP contribution in [0.15, 0.2) is 35.4 Å². The molecule has 2 aromatic rings. The van der Waals surface area contributed by atoms with Crippen LogP contribution in [0.2, 0.25) is 0 Å². The average Bonchev–Trinajstić information content (AvgIpc) is 2.76. The number of imidazole rings is 1. The molecule has 16 heavy (non-hydrogen) atoms. The van der Waals surface area contributed by atoms with Crippen LogP contribution < -0.4 is 0 Å². The van der Waals surface area contributed by atoms with Crippen molar-refractivity contribution in [3.63, 3.8) is 0 Å². The van der Waals surface area contributed by atoms with Crippen LogP contribution in [0.3, 0.4) is 0 Å². The van der Waals surface area contributed by atoms with E-state index in [1.165, 1.54) is 30.1 Å². The Kier molecular flexibility index (Phi) is 3.36. The molecule has 2 rings (SSSR count). The average molecular weight is 236 g/mol. The number of benzene rings is 1. The molecule has 1 heterocycles. The van der Waals surface area contributed by atoms with Crippen molar-refractivity contribution in [1.29, 1.82) is 0 Å². The lowest BCUT2D eigenvalue weighted by Crippen LogP contribution is -1.85. The van der Waals surface area contributed by atoms with Crippen LogP contribution in [0.5, 0.6) is 0 Å². The predicted molar refractivity (Wildman–Crippen MR) is 59.9 cm³/mol. The lowest BCUT2D eigenvalue weighted by molar-refractivity contribution is 0.111. The van der Waals surface area contributed by atoms with Gasteiger partial charge in [0, 0.05) is 4.90 Å². The van der Waals surface area contributed by atoms with Gasteiger partial charge < -0.3 is 4.98 Å². The summed E-state index contributed by atoms with van der Waals surface area (Å²) in [5.74, 6) is 1.11. The highest BCUT2D eigenvalue weighted by molar-refractivity contribution is 7.98. The summed E-state index contributed by atoms with van der Waals surface area (Å²) < 4.78 is 12.6. The Balaban J connectivity index is 1.96. The predicted octanol–water partition coefficient (Wildman–Crippen LogP) is 2.65. The van der Waals surface area contributed by atoms with Crippen LogP contribution in [0.4, 0.5) is 4.39 Å². The van der Waals surface area contributed by atoms with Crippen LogP contribution in [0.25, 0.3) is 0 Å². The summed E-state index contributed by atoms with van der Waals surface area (Å²) in [6.45, 7) is 0. The van der Waals surface area contributed by atoms with Crippen LogP contribution in [-0.2, 0) is 5.75 Å². The minimum Gasteiger partial charge on any atom is -0.339 e. The Morgan fingerprint density at radius 1 is 1.38 bits per heavy atom. The number of carbonyl (C=O) groups excluding carboxylic acids is 1. The third-order valence-corrected chi connectivity index (χ3v) is 2.99. The molecule has 0 aliphatic heterocycles. The standard InChI is InChI=1S/C11H9FN2OS/c12-8-1-3-10(4-2-8)16-7-11-13-5-9(6-15)14-11/h1-6H,7H2,(H,13,14). The maximum Gasteiger partial charge on any atom is 0.167 e. The maximum absolute atomic E-state index is 12.6. The molecule has 1 aromatic carbocycles. The summed E-state index contributed by atoms with van der Waals surface area (Å²) in [7, 11) is 0. The van der Waals surface area contributed by atoms with Crippen LogP contribution in [0.1, 0.15) is 16.3 Å². The van der Waals surface area contributed by atoms with E-state index in [4.69, 9.17) is 0 Å². The molecular weight excluding hydrogens is 227 g/mol. The number of hydrogen-bond donors (Lipinski definition) is 1. The van der Waals surface area contributed by atoms with Gasteiger partial charge in [-0.1, -0.05) is 0 Å². The number of rotatable bonds is 4. The lowest BCUT2D eigenvalue weighted by atomic mass is 10.4. The topological polar surface area (TPSA) is 45.8 Å². The Labute approximate surface area is 96.1 Å². The van der Waals surface area contributed by atoms with Gasteiger partial charge in [0.25, 0.3) is 0 Å². The number of H-pyrrole nitrogens is 1. The quantitative estimate of drug-likeness (QED) is 0.655. The fourth-order valence-electron chi connectivity index (χ4n) is 1.19. The van der Waals surface area contributed by atoms with Crippen molar-refractivity contribution in [2.75, 3.05) is 0 Å². The largest absolute Gasteiger partial charge is 0.339 e. The summed E-state index contributed by atoms with van der Waals surface area (Å²) in [5, 5.41) is 0. The fraction of sp³-hybridized carbons (Fsp3) is 0.0909. The molecule has 0 saturated heterocycles. The van der Waals surface area contributed by atoms with E-state index in [-0.39, 0.29) is 5.82 Å². The zero-order valence-corrected chi connectivity index (χ0v) is 9.13. The molecule has 0 aliphatic rings. The highest BCUT2D eigenvalue weighted by atomic mass is 32.2. The van der Waals surface area contributed by atoms with Crippen LogP contribution >= 0.6 is 11.8 Å². The molecule has 1 N–H and O–H groups in total. The number of thioether (sulfide) groups is 1. The van der Waals surface area contributed by atoms with Gasteiger partial charge in [0.15, 0.2) is 6.29 Å². The van der Waals surface area contributed by atoms with E-state index in [2.05, 4.69) is 9.97 Å². The summed E-state index contributed by atoms with van der Waals surface area (Å²) >= 11 is 1.53. The molecule has 0 unspecified atom stereocenters. The summed E-state index contributed by atoms with van der Waals surface area (Å²) in [6.07, 6.45) is 2.21. The van der Waals surface area contributed by atoms with Crippen molar-refractivity contribution in [3.05, 3.63) is 47.8 Å². The second-order valence-corrected chi connectivity index (χ2v) is 4.19. The monoisotopic (exact) mass is 236 g/mol. The molecule has 1 aromatic heterocycles. The first-order valence-electron chi connectivity index (χ1n) is 4.65. The first-order valence-corrected chi connectivity index (χ1v) is 5.64. The van der Waals surface area contributed by atoms with Gasteiger partial charge in [-0.05, 0) is 24.3 Å². The number of nitrogens with zero attached hydrogens (tertiary/aromatic N) is 1. The molecule has 0 aliphatic carbocycles. The zero-order valence-electron chi connectivity index (χ0n) is 8.31. The summed E-state index contributed by atoms with van der Waals surface area (Å²) in [4.78, 5) is 18.3. The van der Waals surface area contributed by atoms with Crippen LogP contribution in [0, 0.1) is 5.82 Å². The van der Waals surface area contributed by atoms with Gasteiger partial charge >= 0.3 is 0 Å². The number of aldehydes is 1. The number of aromatic amines is 1. The summed E-state index contributed by atoms with van der Waals surface area (Å²) in [5.41, 5.74) is 0.467. The van der Waals surface area contributed by atoms with Gasteiger partial charge in [-0.25, -0.2) is 9.37 Å². The first kappa shape index (κ1) is 10.9. The smallest absolute Gasteiger partial charge is 0.167 e. The van der Waals surface area contributed by atoms with E-state index in [0.29, 0.717) is 11.4 Å². The molecule has 0 atom stereocenters. The normalized spacial score (nSPS) is 10.3. The van der Waals surface area contributed by atoms with Gasteiger partial charge in [0.1, 0.15) is 11.6 Å². The Morgan fingerprint density at radius 2 is 2.12 bits per heavy atom. The van der Waals surface area contributed by atoms with Crippen molar-refractivity contribution in [2.45, 2.75) is 10.6 Å². The minimum absolute atomic E-state index is 0.245. The maximum atomic E-state index is 12.6. The van der Waals surface area contributed by atoms with Crippen molar-refractivity contribution < 1.29 is 9.18 Å². The third-order valence-electron chi connectivity index (χ3n) is 1.96. The molecule has 3 nitrogen and oxygen atoms in total. The Hall–Kier alpha value is -1.62. The fourth-order valence-corrected chi connectivity index (χ4v) is 1.97. The number of hydrogen-bond acceptors (Lipinski definition) is 3. The second kappa shape index (κ2) is 4.94. The van der Waals surface area contributed by atoms with Gasteiger partial charge in [0.05, 0.1) is 17.6 Å². The zero-order chi connectivity index (χ0) is 11.4. The number of halogens is 1. The first-order chi connectivity index (χ1) is 7.78. The molecular formula is C11H9FN2OS. The lowest BCUT2D eigenvalue weighted by Gasteiger charge is -1.98. The molecule has 5 heteroatoms. The van der Waals surface area contributed by atoms with E-state index in [9.17, 15) is 9.18 Å². The van der Waals surface area contributed by atoms with E-state index >= 15 is 0 Å². The van der Waals surface area contributed by atoms with E-state index in [1.54, 1.807) is 12.1 Å². The molecule has 0 fully saturated rings. The Bertz CT molecular complexity index is 481. The van der Waals surface area contributed by atoms with Crippen molar-refractivity contribution in [1.82, 2.24) is 9.97 Å². The highest BCUT2D eigenvalue weighted by Crippen LogP contribution is 2.21. The molecule has 0 amide bonds. The number of aromatic nitrogens is 2. The molecule has 82 valence electrons. The van der Waals surface area contributed by atoms with E-state index in [0.717, 1.165) is 17.0 Å². The van der Waals surface area contributed by atoms with Gasteiger partial charge in [-0.15, -0.1) is 11.8 Å². The molecule has 0 spiro atoms. The third kappa shape index (κ3) is 2.70. The van der Waals surface area contributed by atoms with E-state index < -0.39 is 0 Å². The van der Waals surface area contributed by atoms with Gasteiger partial charge in [0.2, 0.25) is 0 Å². The van der Waals surface area contributed by atoms with E-state index in [1.807, 2.05) is 0 Å². The van der Waals surface area contributed by atoms with Crippen molar-refractivity contribution in [3.8, 4) is 0 Å². The van der Waals surface area contributed by atoms with Crippen LogP contribution in [-0.4, -0.2) is 16.3 Å².